The van der Waals surface area contributed by atoms with Gasteiger partial charge < -0.3 is 15.5 Å². The monoisotopic (exact) mass is 429 g/mol. The Morgan fingerprint density at radius 1 is 1.23 bits per heavy atom. The summed E-state index contributed by atoms with van der Waals surface area (Å²) in [5, 5.41) is 13.4. The number of amides is 1. The summed E-state index contributed by atoms with van der Waals surface area (Å²) < 4.78 is 0. The highest BCUT2D eigenvalue weighted by Gasteiger charge is 2.13. The average molecular weight is 430 g/mol. The highest BCUT2D eigenvalue weighted by atomic mass is 17.1. The van der Waals surface area contributed by atoms with E-state index in [4.69, 9.17) is 5.26 Å². The molecule has 0 fully saturated rings. The van der Waals surface area contributed by atoms with Crippen LogP contribution in [0.5, 0.6) is 0 Å². The van der Waals surface area contributed by atoms with E-state index in [0.29, 0.717) is 6.54 Å². The van der Waals surface area contributed by atoms with Crippen molar-refractivity contribution in [3.63, 3.8) is 0 Å². The van der Waals surface area contributed by atoms with Crippen LogP contribution in [0.2, 0.25) is 0 Å². The zero-order valence-electron chi connectivity index (χ0n) is 20.1. The van der Waals surface area contributed by atoms with Crippen molar-refractivity contribution in [2.75, 3.05) is 12.4 Å². The number of nitrogens with one attached hydrogen (secondary N) is 2. The Morgan fingerprint density at radius 2 is 1.84 bits per heavy atom. The molecule has 0 saturated heterocycles. The third kappa shape index (κ3) is 10.7. The first-order valence-electron chi connectivity index (χ1n) is 10.5. The van der Waals surface area contributed by atoms with Crippen LogP contribution in [0.4, 0.5) is 5.69 Å². The van der Waals surface area contributed by atoms with Crippen LogP contribution in [0.1, 0.15) is 58.6 Å². The van der Waals surface area contributed by atoms with E-state index in [-0.39, 0.29) is 5.91 Å². The molecule has 1 heterocycles. The fourth-order valence-corrected chi connectivity index (χ4v) is 2.63. The predicted octanol–water partition coefficient (Wildman–Crippen LogP) is 6.11. The minimum atomic E-state index is -0.0543. The van der Waals surface area contributed by atoms with Crippen molar-refractivity contribution in [3.05, 3.63) is 77.4 Å². The lowest BCUT2D eigenvalue weighted by Gasteiger charge is -2.27. The molecule has 1 aliphatic rings. The summed E-state index contributed by atoms with van der Waals surface area (Å²) in [6.07, 6.45) is 10.7. The van der Waals surface area contributed by atoms with Gasteiger partial charge in [0.2, 0.25) is 5.91 Å². The Labute approximate surface area is 187 Å². The Bertz CT molecular complexity index is 793. The number of aryl methyl sites for hydroxylation is 1. The van der Waals surface area contributed by atoms with Crippen molar-refractivity contribution in [1.82, 2.24) is 10.2 Å². The second-order valence-electron chi connectivity index (χ2n) is 7.04. The topological polar surface area (TPSA) is 73.8 Å². The normalized spacial score (nSPS) is 12.8. The average Bonchev–Trinajstić information content (AvgIpc) is 2.73. The molecule has 0 unspecified atom stereocenters. The van der Waals surface area contributed by atoms with Gasteiger partial charge in [0.15, 0.2) is 0 Å². The number of anilines is 1. The SMILES string of the molecule is C=C1C=CC(NCc2ccc(NC(C)=O)c(C)c2)=C(C)N1/C=C\C.CCCC.COO. The number of allylic oxidation sites excluding steroid dienone is 4. The third-order valence-corrected chi connectivity index (χ3v) is 4.39. The van der Waals surface area contributed by atoms with Crippen LogP contribution in [-0.2, 0) is 16.2 Å². The molecule has 0 bridgehead atoms. The molecule has 2 rings (SSSR count). The van der Waals surface area contributed by atoms with Crippen molar-refractivity contribution in [3.8, 4) is 0 Å². The Balaban J connectivity index is 0.00000113. The maximum absolute atomic E-state index is 11.2. The lowest BCUT2D eigenvalue weighted by Crippen LogP contribution is -2.23. The summed E-state index contributed by atoms with van der Waals surface area (Å²) in [7, 11) is 1.18. The van der Waals surface area contributed by atoms with E-state index in [1.165, 1.54) is 26.9 Å². The first-order chi connectivity index (χ1) is 14.7. The molecule has 1 aromatic rings. The molecule has 0 atom stereocenters. The second kappa shape index (κ2) is 15.9. The van der Waals surface area contributed by atoms with Gasteiger partial charge in [0.1, 0.15) is 0 Å². The van der Waals surface area contributed by atoms with E-state index in [1.807, 2.05) is 44.3 Å². The molecule has 172 valence electrons. The van der Waals surface area contributed by atoms with Gasteiger partial charge >= 0.3 is 0 Å². The number of nitrogens with zero attached hydrogens (tertiary/aromatic N) is 1. The highest BCUT2D eigenvalue weighted by Crippen LogP contribution is 2.23. The first-order valence-corrected chi connectivity index (χ1v) is 10.5. The van der Waals surface area contributed by atoms with Gasteiger partial charge in [-0.3, -0.25) is 10.1 Å². The van der Waals surface area contributed by atoms with Crippen LogP contribution in [0.25, 0.3) is 0 Å². The molecule has 1 aromatic carbocycles. The molecule has 0 aromatic heterocycles. The van der Waals surface area contributed by atoms with Gasteiger partial charge in [-0.25, -0.2) is 4.89 Å². The van der Waals surface area contributed by atoms with Crippen molar-refractivity contribution >= 4 is 11.6 Å². The molecule has 1 amide bonds. The van der Waals surface area contributed by atoms with Gasteiger partial charge in [0.25, 0.3) is 0 Å². The van der Waals surface area contributed by atoms with E-state index in [9.17, 15) is 4.79 Å². The number of carbonyl (C=O) groups excluding carboxylic acids is 1. The molecule has 31 heavy (non-hydrogen) atoms. The summed E-state index contributed by atoms with van der Waals surface area (Å²) in [5.41, 5.74) is 6.22. The van der Waals surface area contributed by atoms with Crippen molar-refractivity contribution < 1.29 is 14.9 Å². The minimum Gasteiger partial charge on any atom is -0.380 e. The van der Waals surface area contributed by atoms with E-state index >= 15 is 0 Å². The Hall–Kier alpha value is -2.83. The molecule has 0 aliphatic carbocycles. The van der Waals surface area contributed by atoms with Gasteiger partial charge in [-0.05, 0) is 50.1 Å². The summed E-state index contributed by atoms with van der Waals surface area (Å²) >= 11 is 0. The van der Waals surface area contributed by atoms with Crippen LogP contribution in [0.3, 0.4) is 0 Å². The van der Waals surface area contributed by atoms with Crippen LogP contribution >= 0.6 is 0 Å². The van der Waals surface area contributed by atoms with Gasteiger partial charge in [0, 0.05) is 36.7 Å². The zero-order chi connectivity index (χ0) is 23.8. The van der Waals surface area contributed by atoms with Gasteiger partial charge in [-0.2, -0.15) is 0 Å². The first kappa shape index (κ1) is 28.2. The summed E-state index contributed by atoms with van der Waals surface area (Å²) in [5.74, 6) is -0.0543. The minimum absolute atomic E-state index is 0.0543. The quantitative estimate of drug-likeness (QED) is 0.376. The zero-order valence-corrected chi connectivity index (χ0v) is 20.1. The van der Waals surface area contributed by atoms with Crippen molar-refractivity contribution in [2.24, 2.45) is 0 Å². The molecule has 0 saturated carbocycles. The molecule has 6 heteroatoms. The predicted molar refractivity (Wildman–Crippen MR) is 130 cm³/mol. The molecule has 0 radical (unpaired) electrons. The van der Waals surface area contributed by atoms with E-state index < -0.39 is 0 Å². The number of benzene rings is 1. The Morgan fingerprint density at radius 3 is 2.32 bits per heavy atom. The lowest BCUT2D eigenvalue weighted by atomic mass is 10.1. The van der Waals surface area contributed by atoms with Crippen LogP contribution < -0.4 is 10.6 Å². The molecule has 6 nitrogen and oxygen atoms in total. The number of unbranched alkanes of at least 4 members (excludes halogenated alkanes) is 1. The van der Waals surface area contributed by atoms with Gasteiger partial charge in [-0.15, -0.1) is 0 Å². The standard InChI is InChI=1S/C20H25N3O.C4H10.CH4O2/c1-6-11-23-15(3)7-9-20(16(23)4)21-13-18-8-10-19(14(2)12-18)22-17(5)24;1-3-4-2;1-3-2/h6-12,21H,3,13H2,1-2,4-5H3,(H,22,24);3-4H2,1-2H3;2H,1H3/b11-6-;;. The van der Waals surface area contributed by atoms with Gasteiger partial charge in [-0.1, -0.05) is 51.5 Å². The second-order valence-corrected chi connectivity index (χ2v) is 7.04. The molecular weight excluding hydrogens is 390 g/mol. The van der Waals surface area contributed by atoms with Crippen LogP contribution in [0, 0.1) is 6.92 Å². The van der Waals surface area contributed by atoms with Crippen molar-refractivity contribution in [1.29, 1.82) is 0 Å². The maximum atomic E-state index is 11.2. The molecule has 0 spiro atoms. The number of carbonyl (C=O) groups is 1. The number of rotatable bonds is 6. The fourth-order valence-electron chi connectivity index (χ4n) is 2.63. The van der Waals surface area contributed by atoms with E-state index in [0.717, 1.165) is 33.9 Å². The molecule has 1 aliphatic heterocycles. The molecule has 3 N–H and O–H groups in total. The Kier molecular flexibility index (Phi) is 14.5. The molecular formula is C25H39N3O3. The summed E-state index contributed by atoms with van der Waals surface area (Å²) in [4.78, 5) is 16.5. The summed E-state index contributed by atoms with van der Waals surface area (Å²) in [6.45, 7) is 16.7. The van der Waals surface area contributed by atoms with Crippen LogP contribution in [-0.4, -0.2) is 23.2 Å². The maximum Gasteiger partial charge on any atom is 0.221 e. The number of hydrogen-bond donors (Lipinski definition) is 3. The lowest BCUT2D eigenvalue weighted by molar-refractivity contribution is -0.214. The third-order valence-electron chi connectivity index (χ3n) is 4.39. The highest BCUT2D eigenvalue weighted by molar-refractivity contribution is 5.89. The van der Waals surface area contributed by atoms with E-state index in [2.05, 4.69) is 59.9 Å². The number of hydrogen-bond acceptors (Lipinski definition) is 5. The van der Waals surface area contributed by atoms with Gasteiger partial charge in [0.05, 0.1) is 12.8 Å². The fraction of sp³-hybridized carbons (Fsp3) is 0.400. The largest absolute Gasteiger partial charge is 0.380 e. The summed E-state index contributed by atoms with van der Waals surface area (Å²) in [6, 6.07) is 6.05. The van der Waals surface area contributed by atoms with Crippen molar-refractivity contribution in [2.45, 2.75) is 60.9 Å². The van der Waals surface area contributed by atoms with Crippen LogP contribution in [0.15, 0.2) is 66.3 Å². The van der Waals surface area contributed by atoms with E-state index in [1.54, 1.807) is 0 Å². The smallest absolute Gasteiger partial charge is 0.221 e.